The summed E-state index contributed by atoms with van der Waals surface area (Å²) in [6.07, 6.45) is 33.4. The van der Waals surface area contributed by atoms with Gasteiger partial charge in [-0.15, -0.1) is 0 Å². The molecule has 1 aromatic carbocycles. The van der Waals surface area contributed by atoms with Crippen LogP contribution in [0.4, 0.5) is 0 Å². The molecule has 4 heteroatoms. The number of carbonyl (C=O) groups is 1. The van der Waals surface area contributed by atoms with Gasteiger partial charge in [0, 0.05) is 6.42 Å². The molecule has 1 heterocycles. The SMILES string of the molecule is CC/C=C/C/C=C/C/C=C/C/C=C/C/C=C/C/C=C/CCC(=O)NCc1nc2ccccc2[nH]1. The van der Waals surface area contributed by atoms with Crippen LogP contribution in [0.3, 0.4) is 0 Å². The second-order valence-electron chi connectivity index (χ2n) is 7.93. The maximum absolute atomic E-state index is 12.0. The molecule has 0 radical (unpaired) electrons. The smallest absolute Gasteiger partial charge is 0.220 e. The lowest BCUT2D eigenvalue weighted by molar-refractivity contribution is -0.121. The van der Waals surface area contributed by atoms with Crippen molar-refractivity contribution in [3.8, 4) is 0 Å². The third-order valence-corrected chi connectivity index (χ3v) is 5.03. The molecule has 180 valence electrons. The van der Waals surface area contributed by atoms with E-state index in [1.54, 1.807) is 0 Å². The zero-order chi connectivity index (χ0) is 24.1. The van der Waals surface area contributed by atoms with Gasteiger partial charge in [0.05, 0.1) is 17.6 Å². The van der Waals surface area contributed by atoms with Crippen LogP contribution in [-0.4, -0.2) is 15.9 Å². The van der Waals surface area contributed by atoms with Crippen LogP contribution in [-0.2, 0) is 11.3 Å². The van der Waals surface area contributed by atoms with Crippen LogP contribution in [0.15, 0.2) is 97.2 Å². The monoisotopic (exact) mass is 457 g/mol. The minimum atomic E-state index is 0.0417. The summed E-state index contributed by atoms with van der Waals surface area (Å²) in [5, 5.41) is 2.92. The number of rotatable bonds is 16. The van der Waals surface area contributed by atoms with Gasteiger partial charge in [0.15, 0.2) is 0 Å². The van der Waals surface area contributed by atoms with Gasteiger partial charge in [0.25, 0.3) is 0 Å². The van der Waals surface area contributed by atoms with E-state index in [0.29, 0.717) is 13.0 Å². The Bertz CT molecular complexity index is 972. The van der Waals surface area contributed by atoms with Gasteiger partial charge >= 0.3 is 0 Å². The molecule has 0 saturated heterocycles. The van der Waals surface area contributed by atoms with E-state index < -0.39 is 0 Å². The number of fused-ring (bicyclic) bond motifs is 1. The van der Waals surface area contributed by atoms with Crippen molar-refractivity contribution in [2.75, 3.05) is 0 Å². The van der Waals surface area contributed by atoms with E-state index in [9.17, 15) is 4.79 Å². The topological polar surface area (TPSA) is 57.8 Å². The molecule has 1 aromatic heterocycles. The fraction of sp³-hybridized carbons (Fsp3) is 0.333. The predicted molar refractivity (Wildman–Crippen MR) is 145 cm³/mol. The fourth-order valence-corrected chi connectivity index (χ4v) is 3.21. The lowest BCUT2D eigenvalue weighted by Gasteiger charge is -2.01. The van der Waals surface area contributed by atoms with Crippen molar-refractivity contribution in [1.29, 1.82) is 0 Å². The second kappa shape index (κ2) is 18.1. The Morgan fingerprint density at radius 3 is 1.88 bits per heavy atom. The maximum atomic E-state index is 12.0. The third kappa shape index (κ3) is 12.6. The number of H-pyrrole nitrogens is 1. The van der Waals surface area contributed by atoms with Crippen molar-refractivity contribution in [3.05, 3.63) is 103 Å². The fourth-order valence-electron chi connectivity index (χ4n) is 3.21. The van der Waals surface area contributed by atoms with Crippen molar-refractivity contribution in [2.45, 2.75) is 64.8 Å². The largest absolute Gasteiger partial charge is 0.349 e. The van der Waals surface area contributed by atoms with Crippen LogP contribution in [0.1, 0.15) is 64.1 Å². The first-order valence-corrected chi connectivity index (χ1v) is 12.4. The lowest BCUT2D eigenvalue weighted by atomic mass is 10.2. The molecule has 0 fully saturated rings. The number of aromatic nitrogens is 2. The molecule has 2 rings (SSSR count). The summed E-state index contributed by atoms with van der Waals surface area (Å²) in [5.74, 6) is 0.823. The number of para-hydroxylation sites is 2. The first kappa shape index (κ1) is 26.8. The third-order valence-electron chi connectivity index (χ3n) is 5.03. The molecular weight excluding hydrogens is 418 g/mol. The highest BCUT2D eigenvalue weighted by Gasteiger charge is 2.04. The van der Waals surface area contributed by atoms with E-state index in [-0.39, 0.29) is 5.91 Å². The minimum Gasteiger partial charge on any atom is -0.349 e. The molecular formula is C30H39N3O. The molecule has 0 unspecified atom stereocenters. The number of hydrogen-bond acceptors (Lipinski definition) is 2. The number of hydrogen-bond donors (Lipinski definition) is 2. The zero-order valence-corrected chi connectivity index (χ0v) is 20.5. The molecule has 0 bridgehead atoms. The van der Waals surface area contributed by atoms with Crippen molar-refractivity contribution in [2.24, 2.45) is 0 Å². The van der Waals surface area contributed by atoms with Gasteiger partial charge in [-0.2, -0.15) is 0 Å². The second-order valence-corrected chi connectivity index (χ2v) is 7.93. The van der Waals surface area contributed by atoms with Crippen molar-refractivity contribution >= 4 is 16.9 Å². The molecule has 0 aliphatic heterocycles. The summed E-state index contributed by atoms with van der Waals surface area (Å²) in [5.41, 5.74) is 1.91. The average molecular weight is 458 g/mol. The number of amides is 1. The summed E-state index contributed by atoms with van der Waals surface area (Å²) < 4.78 is 0. The number of carbonyl (C=O) groups excluding carboxylic acids is 1. The Morgan fingerprint density at radius 1 is 0.794 bits per heavy atom. The minimum absolute atomic E-state index is 0.0417. The molecule has 2 aromatic rings. The number of imidazole rings is 1. The normalized spacial score (nSPS) is 12.7. The van der Waals surface area contributed by atoms with Gasteiger partial charge in [0.2, 0.25) is 5.91 Å². The molecule has 1 amide bonds. The number of benzene rings is 1. The van der Waals surface area contributed by atoms with Crippen LogP contribution in [0.2, 0.25) is 0 Å². The van der Waals surface area contributed by atoms with E-state index in [2.05, 4.69) is 95.1 Å². The molecule has 34 heavy (non-hydrogen) atoms. The number of allylic oxidation sites excluding steroid dienone is 12. The number of aromatic amines is 1. The molecule has 0 saturated carbocycles. The van der Waals surface area contributed by atoms with Crippen LogP contribution in [0.5, 0.6) is 0 Å². The lowest BCUT2D eigenvalue weighted by Crippen LogP contribution is -2.22. The summed E-state index contributed by atoms with van der Waals surface area (Å²) in [6.45, 7) is 2.58. The van der Waals surface area contributed by atoms with E-state index in [0.717, 1.165) is 61.8 Å². The predicted octanol–water partition coefficient (Wildman–Crippen LogP) is 7.66. The van der Waals surface area contributed by atoms with E-state index in [1.165, 1.54) is 0 Å². The van der Waals surface area contributed by atoms with Crippen LogP contribution < -0.4 is 5.32 Å². The summed E-state index contributed by atoms with van der Waals surface area (Å²) in [6, 6.07) is 7.86. The maximum Gasteiger partial charge on any atom is 0.220 e. The molecule has 4 nitrogen and oxygen atoms in total. The highest BCUT2D eigenvalue weighted by molar-refractivity contribution is 5.77. The Kier molecular flexibility index (Phi) is 14.3. The van der Waals surface area contributed by atoms with Gasteiger partial charge in [-0.1, -0.05) is 92.0 Å². The van der Waals surface area contributed by atoms with Gasteiger partial charge in [-0.3, -0.25) is 4.79 Å². The number of nitrogens with one attached hydrogen (secondary N) is 2. The Morgan fingerprint density at radius 2 is 1.32 bits per heavy atom. The molecule has 2 N–H and O–H groups in total. The van der Waals surface area contributed by atoms with Crippen LogP contribution in [0, 0.1) is 0 Å². The Labute approximate surface area is 205 Å². The van der Waals surface area contributed by atoms with E-state index in [1.807, 2.05) is 24.3 Å². The van der Waals surface area contributed by atoms with Gasteiger partial charge in [0.1, 0.15) is 5.82 Å². The molecule has 0 aliphatic carbocycles. The quantitative estimate of drug-likeness (QED) is 0.254. The molecule has 0 atom stereocenters. The van der Waals surface area contributed by atoms with Crippen molar-refractivity contribution < 1.29 is 4.79 Å². The number of nitrogens with zero attached hydrogens (tertiary/aromatic N) is 1. The Balaban J connectivity index is 1.45. The van der Waals surface area contributed by atoms with Crippen LogP contribution >= 0.6 is 0 Å². The molecule has 0 aliphatic rings. The first-order valence-electron chi connectivity index (χ1n) is 12.4. The van der Waals surface area contributed by atoms with Crippen LogP contribution in [0.25, 0.3) is 11.0 Å². The van der Waals surface area contributed by atoms with Crippen molar-refractivity contribution in [3.63, 3.8) is 0 Å². The van der Waals surface area contributed by atoms with Gasteiger partial charge in [-0.05, 0) is 57.1 Å². The first-order chi connectivity index (χ1) is 16.8. The van der Waals surface area contributed by atoms with Crippen molar-refractivity contribution in [1.82, 2.24) is 15.3 Å². The summed E-state index contributed by atoms with van der Waals surface area (Å²) >= 11 is 0. The highest BCUT2D eigenvalue weighted by atomic mass is 16.1. The zero-order valence-electron chi connectivity index (χ0n) is 20.5. The highest BCUT2D eigenvalue weighted by Crippen LogP contribution is 2.10. The van der Waals surface area contributed by atoms with Gasteiger partial charge in [-0.25, -0.2) is 4.98 Å². The van der Waals surface area contributed by atoms with E-state index >= 15 is 0 Å². The standard InChI is InChI=1S/C30H39N3O/c1-2-3-4-5-6-7-8-9-10-11-12-13-14-15-16-17-18-19-20-25-30(34)31-26-29-32-27-23-21-22-24-28(27)33-29/h3-4,6-7,9-10,12-13,15-16,18-19,21-24H,2,5,8,11,14,17,20,25-26H2,1H3,(H,31,34)(H,32,33)/b4-3+,7-6+,10-9+,13-12+,16-15+,19-18+. The average Bonchev–Trinajstić information content (AvgIpc) is 3.27. The molecule has 0 spiro atoms. The summed E-state index contributed by atoms with van der Waals surface area (Å²) in [7, 11) is 0. The van der Waals surface area contributed by atoms with E-state index in [4.69, 9.17) is 0 Å². The summed E-state index contributed by atoms with van der Waals surface area (Å²) in [4.78, 5) is 19.7. The van der Waals surface area contributed by atoms with Gasteiger partial charge < -0.3 is 10.3 Å². The Hall–Kier alpha value is -3.40.